The van der Waals surface area contributed by atoms with Gasteiger partial charge in [0.25, 0.3) is 5.91 Å². The first-order valence-corrected chi connectivity index (χ1v) is 8.22. The molecule has 2 atom stereocenters. The molecule has 0 saturated carbocycles. The zero-order valence-electron chi connectivity index (χ0n) is 13.8. The van der Waals surface area contributed by atoms with E-state index in [1.165, 1.54) is 0 Å². The molecule has 24 heavy (non-hydrogen) atoms. The van der Waals surface area contributed by atoms with E-state index in [0.29, 0.717) is 32.7 Å². The molecule has 7 nitrogen and oxygen atoms in total. The summed E-state index contributed by atoms with van der Waals surface area (Å²) in [7, 11) is 1.62. The maximum atomic E-state index is 12.5. The number of likely N-dealkylation sites (tertiary alicyclic amines) is 1. The molecule has 2 aliphatic heterocycles. The van der Waals surface area contributed by atoms with Crippen LogP contribution in [0.25, 0.3) is 0 Å². The van der Waals surface area contributed by atoms with Crippen LogP contribution >= 0.6 is 0 Å². The topological polar surface area (TPSA) is 79.9 Å². The van der Waals surface area contributed by atoms with Gasteiger partial charge in [-0.25, -0.2) is 0 Å². The first kappa shape index (κ1) is 16.7. The molecule has 1 aromatic carbocycles. The summed E-state index contributed by atoms with van der Waals surface area (Å²) in [5, 5.41) is 5.93. The molecular formula is C17H23N3O4. The molecule has 2 saturated heterocycles. The third-order valence-electron chi connectivity index (χ3n) is 4.37. The van der Waals surface area contributed by atoms with Gasteiger partial charge in [0.15, 0.2) is 0 Å². The van der Waals surface area contributed by atoms with E-state index in [1.807, 2.05) is 24.3 Å². The number of carbonyl (C=O) groups is 2. The molecule has 0 bridgehead atoms. The molecule has 2 unspecified atom stereocenters. The van der Waals surface area contributed by atoms with Crippen molar-refractivity contribution in [2.45, 2.75) is 25.1 Å². The second-order valence-corrected chi connectivity index (χ2v) is 6.02. The minimum absolute atomic E-state index is 0.0389. The second-order valence-electron chi connectivity index (χ2n) is 6.02. The molecule has 7 heteroatoms. The molecule has 130 valence electrons. The number of amides is 2. The van der Waals surface area contributed by atoms with Crippen LogP contribution in [0, 0.1) is 0 Å². The summed E-state index contributed by atoms with van der Waals surface area (Å²) in [6.07, 6.45) is 0.114. The van der Waals surface area contributed by atoms with E-state index < -0.39 is 12.1 Å². The van der Waals surface area contributed by atoms with E-state index in [1.54, 1.807) is 12.0 Å². The molecule has 0 radical (unpaired) electrons. The summed E-state index contributed by atoms with van der Waals surface area (Å²) < 4.78 is 10.6. The highest BCUT2D eigenvalue weighted by Gasteiger charge is 2.34. The van der Waals surface area contributed by atoms with Crippen LogP contribution in [0.4, 0.5) is 0 Å². The van der Waals surface area contributed by atoms with Gasteiger partial charge in [0, 0.05) is 26.2 Å². The third-order valence-corrected chi connectivity index (χ3v) is 4.37. The lowest BCUT2D eigenvalue weighted by molar-refractivity contribution is -0.139. The van der Waals surface area contributed by atoms with Crippen molar-refractivity contribution in [3.63, 3.8) is 0 Å². The highest BCUT2D eigenvalue weighted by Crippen LogP contribution is 2.18. The second kappa shape index (κ2) is 7.63. The number of benzene rings is 1. The van der Waals surface area contributed by atoms with Gasteiger partial charge in [-0.2, -0.15) is 0 Å². The Balaban J connectivity index is 1.53. The predicted molar refractivity (Wildman–Crippen MR) is 87.6 cm³/mol. The van der Waals surface area contributed by atoms with Gasteiger partial charge in [0.1, 0.15) is 17.9 Å². The Labute approximate surface area is 141 Å². The Kier molecular flexibility index (Phi) is 5.32. The molecule has 2 aliphatic rings. The summed E-state index contributed by atoms with van der Waals surface area (Å²) in [5.74, 6) is 0.535. The van der Waals surface area contributed by atoms with Crippen molar-refractivity contribution in [2.75, 3.05) is 33.4 Å². The quantitative estimate of drug-likeness (QED) is 0.787. The van der Waals surface area contributed by atoms with Gasteiger partial charge in [-0.3, -0.25) is 9.59 Å². The van der Waals surface area contributed by atoms with E-state index in [-0.39, 0.29) is 11.8 Å². The van der Waals surface area contributed by atoms with Gasteiger partial charge in [-0.1, -0.05) is 12.1 Å². The Hall–Kier alpha value is -2.12. The standard InChI is InChI=1S/C17H23N3O4/c1-23-13-4-2-12(3-5-13)11-20-8-6-14(17(20)22)19-16(21)15-10-18-7-9-24-15/h2-5,14-15,18H,6-11H2,1H3,(H,19,21). The van der Waals surface area contributed by atoms with Crippen molar-refractivity contribution in [1.82, 2.24) is 15.5 Å². The lowest BCUT2D eigenvalue weighted by atomic mass is 10.2. The number of morpholine rings is 1. The SMILES string of the molecule is COc1ccc(CN2CCC(NC(=O)C3CNCCO3)C2=O)cc1. The van der Waals surface area contributed by atoms with Gasteiger partial charge >= 0.3 is 0 Å². The summed E-state index contributed by atoms with van der Waals surface area (Å²) in [5.41, 5.74) is 1.04. The van der Waals surface area contributed by atoms with Crippen LogP contribution < -0.4 is 15.4 Å². The van der Waals surface area contributed by atoms with Crippen molar-refractivity contribution in [3.05, 3.63) is 29.8 Å². The smallest absolute Gasteiger partial charge is 0.251 e. The molecule has 0 spiro atoms. The Morgan fingerprint density at radius 2 is 2.21 bits per heavy atom. The average Bonchev–Trinajstić information content (AvgIpc) is 2.96. The zero-order chi connectivity index (χ0) is 16.9. The van der Waals surface area contributed by atoms with Crippen LogP contribution in [-0.2, 0) is 20.9 Å². The molecule has 1 aromatic rings. The monoisotopic (exact) mass is 333 g/mol. The van der Waals surface area contributed by atoms with Gasteiger partial charge in [-0.05, 0) is 24.1 Å². The van der Waals surface area contributed by atoms with Crippen molar-refractivity contribution in [3.8, 4) is 5.75 Å². The first-order chi connectivity index (χ1) is 11.7. The minimum Gasteiger partial charge on any atom is -0.497 e. The van der Waals surface area contributed by atoms with E-state index in [2.05, 4.69) is 10.6 Å². The van der Waals surface area contributed by atoms with Crippen LogP contribution in [0.1, 0.15) is 12.0 Å². The predicted octanol–water partition coefficient (Wildman–Crippen LogP) is -0.0993. The Bertz CT molecular complexity index is 584. The summed E-state index contributed by atoms with van der Waals surface area (Å²) in [4.78, 5) is 26.4. The molecule has 3 rings (SSSR count). The number of rotatable bonds is 5. The molecule has 2 heterocycles. The van der Waals surface area contributed by atoms with Crippen molar-refractivity contribution in [2.24, 2.45) is 0 Å². The summed E-state index contributed by atoms with van der Waals surface area (Å²) >= 11 is 0. The van der Waals surface area contributed by atoms with Gasteiger partial charge in [0.2, 0.25) is 5.91 Å². The number of nitrogens with zero attached hydrogens (tertiary/aromatic N) is 1. The molecular weight excluding hydrogens is 310 g/mol. The molecule has 2 N–H and O–H groups in total. The average molecular weight is 333 g/mol. The molecule has 0 aliphatic carbocycles. The van der Waals surface area contributed by atoms with Crippen molar-refractivity contribution < 1.29 is 19.1 Å². The Morgan fingerprint density at radius 3 is 2.88 bits per heavy atom. The fraction of sp³-hybridized carbons (Fsp3) is 0.529. The van der Waals surface area contributed by atoms with Crippen molar-refractivity contribution in [1.29, 1.82) is 0 Å². The van der Waals surface area contributed by atoms with Gasteiger partial charge in [0.05, 0.1) is 13.7 Å². The van der Waals surface area contributed by atoms with E-state index in [9.17, 15) is 9.59 Å². The molecule has 2 fully saturated rings. The molecule has 0 aromatic heterocycles. The zero-order valence-corrected chi connectivity index (χ0v) is 13.8. The number of nitrogens with one attached hydrogen (secondary N) is 2. The van der Waals surface area contributed by atoms with Crippen LogP contribution in [0.3, 0.4) is 0 Å². The highest BCUT2D eigenvalue weighted by atomic mass is 16.5. The largest absolute Gasteiger partial charge is 0.497 e. The van der Waals surface area contributed by atoms with Crippen LogP contribution in [0.15, 0.2) is 24.3 Å². The Morgan fingerprint density at radius 1 is 1.42 bits per heavy atom. The number of methoxy groups -OCH3 is 1. The summed E-state index contributed by atoms with van der Waals surface area (Å²) in [6, 6.07) is 7.19. The number of ether oxygens (including phenoxy) is 2. The van der Waals surface area contributed by atoms with Gasteiger partial charge < -0.3 is 25.0 Å². The molecule has 2 amide bonds. The first-order valence-electron chi connectivity index (χ1n) is 8.22. The van der Waals surface area contributed by atoms with E-state index >= 15 is 0 Å². The summed E-state index contributed by atoms with van der Waals surface area (Å²) in [6.45, 7) is 2.93. The maximum Gasteiger partial charge on any atom is 0.251 e. The van der Waals surface area contributed by atoms with Crippen LogP contribution in [-0.4, -0.2) is 62.2 Å². The van der Waals surface area contributed by atoms with E-state index in [4.69, 9.17) is 9.47 Å². The number of hydrogen-bond donors (Lipinski definition) is 2. The maximum absolute atomic E-state index is 12.5. The normalized spacial score (nSPS) is 24.0. The highest BCUT2D eigenvalue weighted by molar-refractivity contribution is 5.90. The lowest BCUT2D eigenvalue weighted by Gasteiger charge is -2.24. The third kappa shape index (κ3) is 3.85. The lowest BCUT2D eigenvalue weighted by Crippen LogP contribution is -2.51. The van der Waals surface area contributed by atoms with Gasteiger partial charge in [-0.15, -0.1) is 0 Å². The van der Waals surface area contributed by atoms with Crippen molar-refractivity contribution >= 4 is 11.8 Å². The number of hydrogen-bond acceptors (Lipinski definition) is 5. The van der Waals surface area contributed by atoms with E-state index in [0.717, 1.165) is 17.9 Å². The van der Waals surface area contributed by atoms with Crippen LogP contribution in [0.5, 0.6) is 5.75 Å². The fourth-order valence-corrected chi connectivity index (χ4v) is 2.98. The number of carbonyl (C=O) groups excluding carboxylic acids is 2. The fourth-order valence-electron chi connectivity index (χ4n) is 2.98. The minimum atomic E-state index is -0.512. The van der Waals surface area contributed by atoms with Crippen LogP contribution in [0.2, 0.25) is 0 Å².